The van der Waals surface area contributed by atoms with E-state index in [1.54, 1.807) is 0 Å². The van der Waals surface area contributed by atoms with Crippen LogP contribution >= 0.6 is 0 Å². The standard InChI is InChI=1S/C16H17NO/c1-11-6-2-4-8-13(11)16(18)15-10-12-7-3-5-9-14(12)17-15/h2-9,15-18H,10H2,1H3. The van der Waals surface area contributed by atoms with E-state index in [4.69, 9.17) is 0 Å². The monoisotopic (exact) mass is 239 g/mol. The van der Waals surface area contributed by atoms with Gasteiger partial charge < -0.3 is 10.4 Å². The summed E-state index contributed by atoms with van der Waals surface area (Å²) in [5, 5.41) is 13.9. The fraction of sp³-hybridized carbons (Fsp3) is 0.250. The van der Waals surface area contributed by atoms with E-state index >= 15 is 0 Å². The Morgan fingerprint density at radius 3 is 2.61 bits per heavy atom. The predicted octanol–water partition coefficient (Wildman–Crippen LogP) is 3.07. The zero-order chi connectivity index (χ0) is 12.5. The number of hydrogen-bond donors (Lipinski definition) is 2. The molecule has 0 aromatic heterocycles. The summed E-state index contributed by atoms with van der Waals surface area (Å²) in [4.78, 5) is 0. The number of anilines is 1. The van der Waals surface area contributed by atoms with Crippen LogP contribution in [0.3, 0.4) is 0 Å². The first kappa shape index (κ1) is 11.3. The third-order valence-corrected chi connectivity index (χ3v) is 3.69. The summed E-state index contributed by atoms with van der Waals surface area (Å²) in [6, 6.07) is 16.4. The van der Waals surface area contributed by atoms with Crippen molar-refractivity contribution in [3.05, 3.63) is 65.2 Å². The van der Waals surface area contributed by atoms with E-state index in [9.17, 15) is 5.11 Å². The molecule has 2 N–H and O–H groups in total. The van der Waals surface area contributed by atoms with Crippen molar-refractivity contribution in [2.75, 3.05) is 5.32 Å². The molecule has 0 aliphatic carbocycles. The van der Waals surface area contributed by atoms with Gasteiger partial charge in [0.1, 0.15) is 0 Å². The van der Waals surface area contributed by atoms with Gasteiger partial charge >= 0.3 is 0 Å². The number of nitrogens with one attached hydrogen (secondary N) is 1. The lowest BCUT2D eigenvalue weighted by Crippen LogP contribution is -2.25. The summed E-state index contributed by atoms with van der Waals surface area (Å²) in [6.45, 7) is 2.04. The molecule has 0 saturated heterocycles. The Balaban J connectivity index is 1.85. The Bertz CT molecular complexity index is 540. The van der Waals surface area contributed by atoms with Crippen LogP contribution in [0.1, 0.15) is 22.8 Å². The largest absolute Gasteiger partial charge is 0.386 e. The minimum Gasteiger partial charge on any atom is -0.386 e. The molecule has 18 heavy (non-hydrogen) atoms. The van der Waals surface area contributed by atoms with Gasteiger partial charge in [0, 0.05) is 5.69 Å². The summed E-state index contributed by atoms with van der Waals surface area (Å²) < 4.78 is 0. The number of aliphatic hydroxyl groups is 1. The summed E-state index contributed by atoms with van der Waals surface area (Å²) in [5.74, 6) is 0. The molecule has 2 nitrogen and oxygen atoms in total. The first-order chi connectivity index (χ1) is 8.75. The van der Waals surface area contributed by atoms with E-state index in [1.165, 1.54) is 5.56 Å². The van der Waals surface area contributed by atoms with Crippen LogP contribution in [0.2, 0.25) is 0 Å². The zero-order valence-electron chi connectivity index (χ0n) is 10.4. The van der Waals surface area contributed by atoms with Gasteiger partial charge in [-0.05, 0) is 36.1 Å². The molecular formula is C16H17NO. The lowest BCUT2D eigenvalue weighted by Gasteiger charge is -2.21. The lowest BCUT2D eigenvalue weighted by atomic mass is 9.96. The molecule has 0 saturated carbocycles. The van der Waals surface area contributed by atoms with Crippen LogP contribution < -0.4 is 5.32 Å². The van der Waals surface area contributed by atoms with Crippen molar-refractivity contribution in [2.24, 2.45) is 0 Å². The van der Waals surface area contributed by atoms with Crippen molar-refractivity contribution >= 4 is 5.69 Å². The van der Waals surface area contributed by atoms with Gasteiger partial charge in [0.15, 0.2) is 0 Å². The number of para-hydroxylation sites is 1. The second-order valence-corrected chi connectivity index (χ2v) is 4.91. The van der Waals surface area contributed by atoms with Gasteiger partial charge in [-0.2, -0.15) is 0 Å². The average Bonchev–Trinajstić information content (AvgIpc) is 2.82. The van der Waals surface area contributed by atoms with Crippen LogP contribution in [0.25, 0.3) is 0 Å². The van der Waals surface area contributed by atoms with E-state index in [2.05, 4.69) is 17.4 Å². The summed E-state index contributed by atoms with van der Waals surface area (Å²) in [7, 11) is 0. The normalized spacial score (nSPS) is 19.1. The van der Waals surface area contributed by atoms with E-state index in [0.717, 1.165) is 23.2 Å². The second-order valence-electron chi connectivity index (χ2n) is 4.91. The zero-order valence-corrected chi connectivity index (χ0v) is 10.4. The van der Waals surface area contributed by atoms with E-state index in [1.807, 2.05) is 43.3 Å². The van der Waals surface area contributed by atoms with Crippen LogP contribution in [0.15, 0.2) is 48.5 Å². The van der Waals surface area contributed by atoms with E-state index in [0.29, 0.717) is 0 Å². The lowest BCUT2D eigenvalue weighted by molar-refractivity contribution is 0.156. The first-order valence-corrected chi connectivity index (χ1v) is 6.34. The number of aliphatic hydroxyl groups excluding tert-OH is 1. The molecule has 2 unspecified atom stereocenters. The maximum absolute atomic E-state index is 10.5. The van der Waals surface area contributed by atoms with Gasteiger partial charge in [-0.3, -0.25) is 0 Å². The van der Waals surface area contributed by atoms with Crippen molar-refractivity contribution in [2.45, 2.75) is 25.5 Å². The minimum atomic E-state index is -0.460. The summed E-state index contributed by atoms with van der Waals surface area (Å²) in [5.41, 5.74) is 4.59. The molecule has 0 spiro atoms. The molecule has 0 bridgehead atoms. The molecule has 2 atom stereocenters. The Morgan fingerprint density at radius 2 is 1.83 bits per heavy atom. The number of fused-ring (bicyclic) bond motifs is 1. The Morgan fingerprint density at radius 1 is 1.11 bits per heavy atom. The first-order valence-electron chi connectivity index (χ1n) is 6.34. The molecule has 2 aromatic carbocycles. The highest BCUT2D eigenvalue weighted by atomic mass is 16.3. The maximum atomic E-state index is 10.5. The van der Waals surface area contributed by atoms with Crippen LogP contribution in [0, 0.1) is 6.92 Å². The molecule has 2 heteroatoms. The molecule has 0 radical (unpaired) electrons. The fourth-order valence-corrected chi connectivity index (χ4v) is 2.65. The van der Waals surface area contributed by atoms with Crippen molar-refractivity contribution in [3.8, 4) is 0 Å². The van der Waals surface area contributed by atoms with Gasteiger partial charge in [0.25, 0.3) is 0 Å². The number of rotatable bonds is 2. The van der Waals surface area contributed by atoms with E-state index in [-0.39, 0.29) is 6.04 Å². The molecule has 3 rings (SSSR count). The molecule has 92 valence electrons. The highest BCUT2D eigenvalue weighted by Gasteiger charge is 2.28. The molecule has 2 aromatic rings. The Kier molecular flexibility index (Phi) is 2.80. The molecule has 0 amide bonds. The second kappa shape index (κ2) is 4.46. The molecular weight excluding hydrogens is 222 g/mol. The van der Waals surface area contributed by atoms with Gasteiger partial charge in [-0.15, -0.1) is 0 Å². The van der Waals surface area contributed by atoms with E-state index < -0.39 is 6.10 Å². The van der Waals surface area contributed by atoms with Crippen molar-refractivity contribution in [1.82, 2.24) is 0 Å². The third kappa shape index (κ3) is 1.89. The number of benzene rings is 2. The minimum absolute atomic E-state index is 0.0727. The quantitative estimate of drug-likeness (QED) is 0.844. The average molecular weight is 239 g/mol. The summed E-state index contributed by atoms with van der Waals surface area (Å²) >= 11 is 0. The number of aryl methyl sites for hydroxylation is 1. The van der Waals surface area contributed by atoms with Crippen LogP contribution in [-0.4, -0.2) is 11.1 Å². The maximum Gasteiger partial charge on any atom is 0.0996 e. The van der Waals surface area contributed by atoms with Crippen molar-refractivity contribution < 1.29 is 5.11 Å². The Hall–Kier alpha value is -1.80. The van der Waals surface area contributed by atoms with Crippen LogP contribution in [0.5, 0.6) is 0 Å². The molecule has 1 aliphatic rings. The highest BCUT2D eigenvalue weighted by Crippen LogP contribution is 2.32. The van der Waals surface area contributed by atoms with Gasteiger partial charge in [0.2, 0.25) is 0 Å². The Labute approximate surface area is 107 Å². The SMILES string of the molecule is Cc1ccccc1C(O)C1Cc2ccccc2N1. The van der Waals surface area contributed by atoms with Crippen LogP contribution in [-0.2, 0) is 6.42 Å². The van der Waals surface area contributed by atoms with Gasteiger partial charge in [-0.25, -0.2) is 0 Å². The van der Waals surface area contributed by atoms with Gasteiger partial charge in [0.05, 0.1) is 12.1 Å². The highest BCUT2D eigenvalue weighted by molar-refractivity contribution is 5.57. The summed E-state index contributed by atoms with van der Waals surface area (Å²) in [6.07, 6.45) is 0.421. The predicted molar refractivity (Wildman–Crippen MR) is 73.7 cm³/mol. The topological polar surface area (TPSA) is 32.3 Å². The number of hydrogen-bond acceptors (Lipinski definition) is 2. The van der Waals surface area contributed by atoms with Crippen molar-refractivity contribution in [3.63, 3.8) is 0 Å². The van der Waals surface area contributed by atoms with Crippen molar-refractivity contribution in [1.29, 1.82) is 0 Å². The van der Waals surface area contributed by atoms with Gasteiger partial charge in [-0.1, -0.05) is 42.5 Å². The smallest absolute Gasteiger partial charge is 0.0996 e. The fourth-order valence-electron chi connectivity index (χ4n) is 2.65. The molecule has 0 fully saturated rings. The molecule has 1 heterocycles. The molecule has 1 aliphatic heterocycles. The third-order valence-electron chi connectivity index (χ3n) is 3.69. The van der Waals surface area contributed by atoms with Crippen LogP contribution in [0.4, 0.5) is 5.69 Å².